The van der Waals surface area contributed by atoms with Gasteiger partial charge in [-0.05, 0) is 54.1 Å². The Labute approximate surface area is 150 Å². The number of nitrogens with zero attached hydrogens (tertiary/aromatic N) is 2. The minimum absolute atomic E-state index is 0.387. The van der Waals surface area contributed by atoms with Crippen LogP contribution in [0.5, 0.6) is 0 Å². The SMILES string of the molecule is CN(C(=O)Nc1ccc(F)cc1)[C@H](c1cccc(F)c1)c1ccccn1. The lowest BCUT2D eigenvalue weighted by atomic mass is 10.0. The van der Waals surface area contributed by atoms with Crippen molar-refractivity contribution in [1.29, 1.82) is 0 Å². The third-order valence-electron chi connectivity index (χ3n) is 3.94. The summed E-state index contributed by atoms with van der Waals surface area (Å²) in [6.07, 6.45) is 1.62. The van der Waals surface area contributed by atoms with E-state index in [1.165, 1.54) is 41.3 Å². The number of pyridine rings is 1. The molecular weight excluding hydrogens is 336 g/mol. The predicted molar refractivity (Wildman–Crippen MR) is 95.7 cm³/mol. The fourth-order valence-corrected chi connectivity index (χ4v) is 2.67. The van der Waals surface area contributed by atoms with Crippen molar-refractivity contribution in [2.75, 3.05) is 12.4 Å². The molecular formula is C20H17F2N3O. The van der Waals surface area contributed by atoms with Gasteiger partial charge in [-0.25, -0.2) is 13.6 Å². The first kappa shape index (κ1) is 17.5. The number of nitrogens with one attached hydrogen (secondary N) is 1. The summed E-state index contributed by atoms with van der Waals surface area (Å²) in [5.41, 5.74) is 1.66. The van der Waals surface area contributed by atoms with E-state index in [4.69, 9.17) is 0 Å². The molecule has 0 aliphatic carbocycles. The quantitative estimate of drug-likeness (QED) is 0.744. The number of carbonyl (C=O) groups is 1. The molecule has 0 radical (unpaired) electrons. The Morgan fingerprint density at radius 1 is 1.00 bits per heavy atom. The summed E-state index contributed by atoms with van der Waals surface area (Å²) in [6, 6.07) is 15.9. The van der Waals surface area contributed by atoms with Gasteiger partial charge >= 0.3 is 6.03 Å². The summed E-state index contributed by atoms with van der Waals surface area (Å²) >= 11 is 0. The van der Waals surface area contributed by atoms with Crippen LogP contribution >= 0.6 is 0 Å². The Hall–Kier alpha value is -3.28. The number of carbonyl (C=O) groups excluding carboxylic acids is 1. The van der Waals surface area contributed by atoms with Crippen molar-refractivity contribution in [2.24, 2.45) is 0 Å². The second-order valence-electron chi connectivity index (χ2n) is 5.76. The van der Waals surface area contributed by atoms with E-state index in [1.54, 1.807) is 43.6 Å². The van der Waals surface area contributed by atoms with Crippen LogP contribution in [0.2, 0.25) is 0 Å². The largest absolute Gasteiger partial charge is 0.322 e. The van der Waals surface area contributed by atoms with Crippen molar-refractivity contribution in [3.05, 3.63) is 95.8 Å². The van der Waals surface area contributed by atoms with Crippen LogP contribution in [-0.4, -0.2) is 23.0 Å². The number of amides is 2. The van der Waals surface area contributed by atoms with Crippen molar-refractivity contribution in [3.8, 4) is 0 Å². The monoisotopic (exact) mass is 353 g/mol. The molecule has 0 fully saturated rings. The zero-order chi connectivity index (χ0) is 18.5. The smallest absolute Gasteiger partial charge is 0.315 e. The number of halogens is 2. The van der Waals surface area contributed by atoms with E-state index in [0.717, 1.165) is 0 Å². The second-order valence-corrected chi connectivity index (χ2v) is 5.76. The van der Waals surface area contributed by atoms with Gasteiger partial charge in [0.2, 0.25) is 0 Å². The lowest BCUT2D eigenvalue weighted by molar-refractivity contribution is 0.211. The van der Waals surface area contributed by atoms with Gasteiger partial charge in [-0.2, -0.15) is 0 Å². The molecule has 0 aliphatic rings. The van der Waals surface area contributed by atoms with Crippen LogP contribution in [0.25, 0.3) is 0 Å². The molecule has 6 heteroatoms. The number of hydrogen-bond acceptors (Lipinski definition) is 2. The Bertz CT molecular complexity index is 885. The first-order valence-electron chi connectivity index (χ1n) is 8.00. The van der Waals surface area contributed by atoms with E-state index >= 15 is 0 Å². The molecule has 0 saturated heterocycles. The fourth-order valence-electron chi connectivity index (χ4n) is 2.67. The van der Waals surface area contributed by atoms with Crippen LogP contribution in [0.3, 0.4) is 0 Å². The normalized spacial score (nSPS) is 11.7. The van der Waals surface area contributed by atoms with E-state index in [2.05, 4.69) is 10.3 Å². The molecule has 132 valence electrons. The van der Waals surface area contributed by atoms with Crippen molar-refractivity contribution in [3.63, 3.8) is 0 Å². The maximum atomic E-state index is 13.7. The van der Waals surface area contributed by atoms with E-state index in [1.807, 2.05) is 0 Å². The van der Waals surface area contributed by atoms with E-state index in [0.29, 0.717) is 16.9 Å². The Morgan fingerprint density at radius 2 is 1.77 bits per heavy atom. The van der Waals surface area contributed by atoms with Crippen molar-refractivity contribution in [1.82, 2.24) is 9.88 Å². The molecule has 1 atom stereocenters. The van der Waals surface area contributed by atoms with E-state index in [-0.39, 0.29) is 5.82 Å². The molecule has 0 bridgehead atoms. The number of benzene rings is 2. The van der Waals surface area contributed by atoms with Gasteiger partial charge in [-0.15, -0.1) is 0 Å². The minimum Gasteiger partial charge on any atom is -0.315 e. The molecule has 0 spiro atoms. The van der Waals surface area contributed by atoms with Crippen molar-refractivity contribution >= 4 is 11.7 Å². The Morgan fingerprint density at radius 3 is 2.42 bits per heavy atom. The summed E-state index contributed by atoms with van der Waals surface area (Å²) < 4.78 is 26.7. The summed E-state index contributed by atoms with van der Waals surface area (Å²) in [6.45, 7) is 0. The standard InChI is InChI=1S/C20H17F2N3O/c1-25(20(26)24-17-10-8-15(21)9-11-17)19(18-7-2-3-12-23-18)14-5-4-6-16(22)13-14/h2-13,19H,1H3,(H,24,26)/t19-/m1/s1. The van der Waals surface area contributed by atoms with Gasteiger partial charge in [-0.3, -0.25) is 4.98 Å². The minimum atomic E-state index is -0.577. The first-order chi connectivity index (χ1) is 12.5. The first-order valence-corrected chi connectivity index (χ1v) is 8.00. The zero-order valence-electron chi connectivity index (χ0n) is 14.1. The molecule has 0 aliphatic heterocycles. The van der Waals surface area contributed by atoms with Crippen molar-refractivity contribution in [2.45, 2.75) is 6.04 Å². The summed E-state index contributed by atoms with van der Waals surface area (Å²) in [5.74, 6) is -0.779. The van der Waals surface area contributed by atoms with Gasteiger partial charge in [-0.1, -0.05) is 18.2 Å². The topological polar surface area (TPSA) is 45.2 Å². The number of hydrogen-bond donors (Lipinski definition) is 1. The van der Waals surface area contributed by atoms with Crippen LogP contribution in [0.15, 0.2) is 72.9 Å². The zero-order valence-corrected chi connectivity index (χ0v) is 14.1. The highest BCUT2D eigenvalue weighted by molar-refractivity contribution is 5.89. The van der Waals surface area contributed by atoms with E-state index in [9.17, 15) is 13.6 Å². The Kier molecular flexibility index (Phi) is 5.22. The maximum Gasteiger partial charge on any atom is 0.322 e. The summed E-state index contributed by atoms with van der Waals surface area (Å²) in [7, 11) is 1.60. The lowest BCUT2D eigenvalue weighted by Crippen LogP contribution is -2.35. The highest BCUT2D eigenvalue weighted by atomic mass is 19.1. The number of rotatable bonds is 4. The third-order valence-corrected chi connectivity index (χ3v) is 3.94. The lowest BCUT2D eigenvalue weighted by Gasteiger charge is -2.28. The summed E-state index contributed by atoms with van der Waals surface area (Å²) in [5, 5.41) is 2.70. The molecule has 3 aromatic rings. The number of aromatic nitrogens is 1. The highest BCUT2D eigenvalue weighted by Gasteiger charge is 2.25. The average molecular weight is 353 g/mol. The molecule has 1 aromatic heterocycles. The van der Waals surface area contributed by atoms with Crippen LogP contribution in [0.4, 0.5) is 19.3 Å². The third kappa shape index (κ3) is 4.03. The molecule has 4 nitrogen and oxygen atoms in total. The van der Waals surface area contributed by atoms with Gasteiger partial charge in [0.05, 0.1) is 5.69 Å². The van der Waals surface area contributed by atoms with Crippen LogP contribution in [0.1, 0.15) is 17.3 Å². The van der Waals surface area contributed by atoms with Crippen LogP contribution in [-0.2, 0) is 0 Å². The molecule has 2 aromatic carbocycles. The molecule has 1 heterocycles. The number of urea groups is 1. The molecule has 1 N–H and O–H groups in total. The number of anilines is 1. The van der Waals surface area contributed by atoms with Gasteiger partial charge in [0.25, 0.3) is 0 Å². The van der Waals surface area contributed by atoms with E-state index < -0.39 is 17.9 Å². The fraction of sp³-hybridized carbons (Fsp3) is 0.100. The molecule has 2 amide bonds. The van der Waals surface area contributed by atoms with Gasteiger partial charge in [0.15, 0.2) is 0 Å². The van der Waals surface area contributed by atoms with Gasteiger partial charge in [0, 0.05) is 18.9 Å². The molecule has 26 heavy (non-hydrogen) atoms. The van der Waals surface area contributed by atoms with Crippen LogP contribution < -0.4 is 5.32 Å². The summed E-state index contributed by atoms with van der Waals surface area (Å²) in [4.78, 5) is 18.4. The van der Waals surface area contributed by atoms with Gasteiger partial charge < -0.3 is 10.2 Å². The molecule has 0 saturated carbocycles. The van der Waals surface area contributed by atoms with Gasteiger partial charge in [0.1, 0.15) is 17.7 Å². The molecule has 3 rings (SSSR count). The van der Waals surface area contributed by atoms with Crippen LogP contribution in [0, 0.1) is 11.6 Å². The Balaban J connectivity index is 1.90. The highest BCUT2D eigenvalue weighted by Crippen LogP contribution is 2.27. The second kappa shape index (κ2) is 7.74. The average Bonchev–Trinajstić information content (AvgIpc) is 2.65. The maximum absolute atomic E-state index is 13.7. The van der Waals surface area contributed by atoms with Crippen molar-refractivity contribution < 1.29 is 13.6 Å². The molecule has 0 unspecified atom stereocenters. The predicted octanol–water partition coefficient (Wildman–Crippen LogP) is 4.61.